The lowest BCUT2D eigenvalue weighted by molar-refractivity contribution is -0.152. The topological polar surface area (TPSA) is 68.3 Å². The van der Waals surface area contributed by atoms with E-state index in [4.69, 9.17) is 16.3 Å². The molecule has 5 nitrogen and oxygen atoms in total. The largest absolute Gasteiger partial charge is 0.467 e. The summed E-state index contributed by atoms with van der Waals surface area (Å²) in [5, 5.41) is 6.17. The van der Waals surface area contributed by atoms with Crippen molar-refractivity contribution in [3.8, 4) is 10.6 Å². The van der Waals surface area contributed by atoms with Crippen LogP contribution in [0.1, 0.15) is 37.8 Å². The van der Waals surface area contributed by atoms with E-state index in [9.17, 15) is 9.59 Å². The third kappa shape index (κ3) is 4.07. The molecular weight excluding hydrogens is 372 g/mol. The lowest BCUT2D eigenvalue weighted by Crippen LogP contribution is -2.56. The maximum absolute atomic E-state index is 12.5. The second kappa shape index (κ2) is 8.18. The molecule has 0 bridgehead atoms. The van der Waals surface area contributed by atoms with Gasteiger partial charge in [-0.25, -0.2) is 9.78 Å². The predicted molar refractivity (Wildman–Crippen MR) is 102 cm³/mol. The molecule has 3 rings (SSSR count). The number of hydrogen-bond donors (Lipinski definition) is 1. The van der Waals surface area contributed by atoms with E-state index in [-0.39, 0.29) is 18.3 Å². The van der Waals surface area contributed by atoms with Gasteiger partial charge >= 0.3 is 5.97 Å². The smallest absolute Gasteiger partial charge is 0.331 e. The number of nitrogens with zero attached hydrogens (tertiary/aromatic N) is 1. The molecule has 0 aliphatic heterocycles. The van der Waals surface area contributed by atoms with Crippen LogP contribution >= 0.6 is 22.9 Å². The Morgan fingerprint density at radius 3 is 2.69 bits per heavy atom. The van der Waals surface area contributed by atoms with Gasteiger partial charge in [0.25, 0.3) is 0 Å². The maximum Gasteiger partial charge on any atom is 0.331 e. The molecule has 0 spiro atoms. The van der Waals surface area contributed by atoms with Crippen LogP contribution in [0, 0.1) is 0 Å². The number of amides is 1. The first kappa shape index (κ1) is 18.9. The van der Waals surface area contributed by atoms with Crippen molar-refractivity contribution in [1.82, 2.24) is 10.3 Å². The second-order valence-electron chi connectivity index (χ2n) is 6.48. The second-order valence-corrected chi connectivity index (χ2v) is 7.75. The number of hydrogen-bond acceptors (Lipinski definition) is 5. The molecule has 1 saturated carbocycles. The molecule has 1 aliphatic rings. The molecule has 1 aliphatic carbocycles. The van der Waals surface area contributed by atoms with Gasteiger partial charge in [0.2, 0.25) is 5.91 Å². The van der Waals surface area contributed by atoms with Crippen LogP contribution in [0.3, 0.4) is 0 Å². The van der Waals surface area contributed by atoms with Crippen LogP contribution < -0.4 is 5.32 Å². The third-order valence-electron chi connectivity index (χ3n) is 4.66. The van der Waals surface area contributed by atoms with Gasteiger partial charge in [0.05, 0.1) is 24.2 Å². The molecule has 7 heteroatoms. The average molecular weight is 393 g/mol. The maximum atomic E-state index is 12.5. The number of benzene rings is 1. The molecule has 1 aromatic carbocycles. The minimum atomic E-state index is -0.897. The number of rotatable bonds is 5. The minimum Gasteiger partial charge on any atom is -0.467 e. The monoisotopic (exact) mass is 392 g/mol. The van der Waals surface area contributed by atoms with Crippen molar-refractivity contribution >= 4 is 34.8 Å². The van der Waals surface area contributed by atoms with E-state index in [1.807, 2.05) is 29.6 Å². The summed E-state index contributed by atoms with van der Waals surface area (Å²) in [4.78, 5) is 29.3. The van der Waals surface area contributed by atoms with Gasteiger partial charge in [-0.2, -0.15) is 0 Å². The SMILES string of the molecule is COC(=O)C1(NC(=O)Cc2csc(-c3ccccc3Cl)n2)CCCCC1. The molecule has 0 radical (unpaired) electrons. The van der Waals surface area contributed by atoms with Gasteiger partial charge in [-0.05, 0) is 18.9 Å². The Hall–Kier alpha value is -1.92. The van der Waals surface area contributed by atoms with Crippen molar-refractivity contribution in [2.75, 3.05) is 7.11 Å². The Labute approximate surface area is 161 Å². The summed E-state index contributed by atoms with van der Waals surface area (Å²) in [7, 11) is 1.36. The molecule has 1 fully saturated rings. The Kier molecular flexibility index (Phi) is 5.94. The number of nitrogens with one attached hydrogen (secondary N) is 1. The summed E-state index contributed by atoms with van der Waals surface area (Å²) in [5.41, 5.74) is 0.619. The highest BCUT2D eigenvalue weighted by molar-refractivity contribution is 7.13. The number of carbonyl (C=O) groups excluding carboxylic acids is 2. The normalized spacial score (nSPS) is 16.1. The fourth-order valence-corrected chi connectivity index (χ4v) is 4.49. The summed E-state index contributed by atoms with van der Waals surface area (Å²) in [5.74, 6) is -0.575. The molecule has 1 N–H and O–H groups in total. The van der Waals surface area contributed by atoms with Gasteiger partial charge in [0.1, 0.15) is 10.5 Å². The average Bonchev–Trinajstić information content (AvgIpc) is 3.10. The molecule has 1 heterocycles. The number of halogens is 1. The van der Waals surface area contributed by atoms with E-state index in [2.05, 4.69) is 10.3 Å². The van der Waals surface area contributed by atoms with Gasteiger partial charge in [-0.3, -0.25) is 4.79 Å². The zero-order chi connectivity index (χ0) is 18.6. The number of carbonyl (C=O) groups is 2. The first-order valence-corrected chi connectivity index (χ1v) is 9.88. The van der Waals surface area contributed by atoms with Crippen LogP contribution in [0.25, 0.3) is 10.6 Å². The zero-order valence-electron chi connectivity index (χ0n) is 14.6. The van der Waals surface area contributed by atoms with E-state index >= 15 is 0 Å². The highest BCUT2D eigenvalue weighted by Gasteiger charge is 2.41. The number of thiazole rings is 1. The first-order chi connectivity index (χ1) is 12.5. The lowest BCUT2D eigenvalue weighted by Gasteiger charge is -2.35. The van der Waals surface area contributed by atoms with E-state index < -0.39 is 5.54 Å². The Morgan fingerprint density at radius 2 is 2.00 bits per heavy atom. The minimum absolute atomic E-state index is 0.125. The Morgan fingerprint density at radius 1 is 1.27 bits per heavy atom. The van der Waals surface area contributed by atoms with E-state index in [1.165, 1.54) is 18.4 Å². The van der Waals surface area contributed by atoms with E-state index in [1.54, 1.807) is 0 Å². The van der Waals surface area contributed by atoms with Gasteiger partial charge in [0, 0.05) is 10.9 Å². The molecule has 26 heavy (non-hydrogen) atoms. The van der Waals surface area contributed by atoms with Crippen LogP contribution in [0.4, 0.5) is 0 Å². The first-order valence-electron chi connectivity index (χ1n) is 8.63. The summed E-state index contributed by atoms with van der Waals surface area (Å²) >= 11 is 7.66. The van der Waals surface area contributed by atoms with E-state index in [0.29, 0.717) is 23.6 Å². The molecule has 0 saturated heterocycles. The standard InChI is InChI=1S/C19H21ClN2O3S/c1-25-18(24)19(9-5-2-6-10-19)22-16(23)11-13-12-26-17(21-13)14-7-3-4-8-15(14)20/h3-4,7-8,12H,2,5-6,9-11H2,1H3,(H,22,23). The molecule has 0 atom stereocenters. The summed E-state index contributed by atoms with van der Waals surface area (Å²) in [6.45, 7) is 0. The van der Waals surface area contributed by atoms with Crippen LogP contribution in [0.5, 0.6) is 0 Å². The Balaban J connectivity index is 1.70. The molecule has 2 aromatic rings. The van der Waals surface area contributed by atoms with Gasteiger partial charge < -0.3 is 10.1 Å². The lowest BCUT2D eigenvalue weighted by atomic mass is 9.81. The van der Waals surface area contributed by atoms with Crippen LogP contribution in [-0.4, -0.2) is 29.5 Å². The zero-order valence-corrected chi connectivity index (χ0v) is 16.2. The summed E-state index contributed by atoms with van der Waals surface area (Å²) in [6.07, 6.45) is 4.24. The number of ether oxygens (including phenoxy) is 1. The van der Waals surface area contributed by atoms with Gasteiger partial charge in [0.15, 0.2) is 0 Å². The van der Waals surface area contributed by atoms with Crippen molar-refractivity contribution < 1.29 is 14.3 Å². The van der Waals surface area contributed by atoms with Crippen molar-refractivity contribution in [3.63, 3.8) is 0 Å². The highest BCUT2D eigenvalue weighted by Crippen LogP contribution is 2.31. The molecule has 0 unspecified atom stereocenters. The highest BCUT2D eigenvalue weighted by atomic mass is 35.5. The molecule has 1 aromatic heterocycles. The summed E-state index contributed by atoms with van der Waals surface area (Å²) in [6, 6.07) is 7.48. The van der Waals surface area contributed by atoms with E-state index in [0.717, 1.165) is 29.8 Å². The third-order valence-corrected chi connectivity index (χ3v) is 5.91. The predicted octanol–water partition coefficient (Wildman–Crippen LogP) is 4.00. The molecule has 1 amide bonds. The number of esters is 1. The fourth-order valence-electron chi connectivity index (χ4n) is 3.35. The van der Waals surface area contributed by atoms with Gasteiger partial charge in [-0.1, -0.05) is 49.1 Å². The van der Waals surface area contributed by atoms with Crippen molar-refractivity contribution in [2.45, 2.75) is 44.1 Å². The molecular formula is C19H21ClN2O3S. The number of aromatic nitrogens is 1. The number of methoxy groups -OCH3 is 1. The fraction of sp³-hybridized carbons (Fsp3) is 0.421. The van der Waals surface area contributed by atoms with Crippen molar-refractivity contribution in [3.05, 3.63) is 40.4 Å². The Bertz CT molecular complexity index is 800. The van der Waals surface area contributed by atoms with Crippen LogP contribution in [0.2, 0.25) is 5.02 Å². The van der Waals surface area contributed by atoms with Crippen molar-refractivity contribution in [2.24, 2.45) is 0 Å². The summed E-state index contributed by atoms with van der Waals surface area (Å²) < 4.78 is 4.94. The van der Waals surface area contributed by atoms with Crippen LogP contribution in [-0.2, 0) is 20.7 Å². The van der Waals surface area contributed by atoms with Gasteiger partial charge in [-0.15, -0.1) is 11.3 Å². The molecule has 138 valence electrons. The van der Waals surface area contributed by atoms with Crippen molar-refractivity contribution in [1.29, 1.82) is 0 Å². The van der Waals surface area contributed by atoms with Crippen LogP contribution in [0.15, 0.2) is 29.6 Å². The quantitative estimate of drug-likeness (QED) is 0.781.